The van der Waals surface area contributed by atoms with Crippen LogP contribution in [0.3, 0.4) is 0 Å². The summed E-state index contributed by atoms with van der Waals surface area (Å²) in [6.45, 7) is 1.64. The van der Waals surface area contributed by atoms with Gasteiger partial charge in [-0.15, -0.1) is 0 Å². The van der Waals surface area contributed by atoms with Crippen molar-refractivity contribution in [3.05, 3.63) is 29.3 Å². The van der Waals surface area contributed by atoms with E-state index >= 15 is 0 Å². The highest BCUT2D eigenvalue weighted by Crippen LogP contribution is 2.30. The van der Waals surface area contributed by atoms with E-state index in [2.05, 4.69) is 0 Å². The van der Waals surface area contributed by atoms with Crippen molar-refractivity contribution in [2.75, 3.05) is 38.5 Å². The van der Waals surface area contributed by atoms with Crippen molar-refractivity contribution >= 4 is 35.3 Å². The lowest BCUT2D eigenvalue weighted by molar-refractivity contribution is -0.155. The summed E-state index contributed by atoms with van der Waals surface area (Å²) in [5, 5.41) is 0. The smallest absolute Gasteiger partial charge is 0.320 e. The number of piperidine rings is 1. The fraction of sp³-hybridized carbons (Fsp3) is 0.476. The van der Waals surface area contributed by atoms with Crippen LogP contribution in [0.4, 0.5) is 5.69 Å². The molecule has 0 aliphatic carbocycles. The molecule has 0 aromatic heterocycles. The van der Waals surface area contributed by atoms with E-state index in [4.69, 9.17) is 10.5 Å². The minimum atomic E-state index is -1.08. The molecule has 3 heterocycles. The zero-order valence-corrected chi connectivity index (χ0v) is 17.0. The molecule has 164 valence electrons. The highest BCUT2D eigenvalue weighted by molar-refractivity contribution is 6.23. The molecular formula is C21H24N4O6. The summed E-state index contributed by atoms with van der Waals surface area (Å²) in [4.78, 5) is 66.6. The predicted molar refractivity (Wildman–Crippen MR) is 108 cm³/mol. The molecule has 1 unspecified atom stereocenters. The monoisotopic (exact) mass is 428 g/mol. The summed E-state index contributed by atoms with van der Waals surface area (Å²) in [5.74, 6) is -2.65. The third kappa shape index (κ3) is 4.02. The number of fused-ring (bicyclic) bond motifs is 1. The van der Waals surface area contributed by atoms with Crippen molar-refractivity contribution in [3.63, 3.8) is 0 Å². The van der Waals surface area contributed by atoms with Gasteiger partial charge in [0.25, 0.3) is 17.7 Å². The molecule has 31 heavy (non-hydrogen) atoms. The molecule has 0 bridgehead atoms. The number of likely N-dealkylation sites (tertiary alicyclic amines) is 2. The zero-order chi connectivity index (χ0) is 22.1. The number of carbonyl (C=O) groups excluding carboxylic acids is 5. The number of esters is 1. The van der Waals surface area contributed by atoms with Crippen LogP contribution in [0.2, 0.25) is 0 Å². The Balaban J connectivity index is 1.39. The van der Waals surface area contributed by atoms with E-state index < -0.39 is 35.6 Å². The molecule has 10 heteroatoms. The number of nitrogen functional groups attached to an aromatic ring is 1. The standard InChI is InChI=1S/C21H24N4O6/c22-13-3-4-14-15(11-13)20(29)25(19(14)28)16-5-6-17(26)24(21(16)30)9-10-31-18(27)12-23-7-1-2-8-23/h3-4,11,16H,1-2,5-10,12,22H2. The van der Waals surface area contributed by atoms with Gasteiger partial charge >= 0.3 is 5.97 Å². The van der Waals surface area contributed by atoms with Gasteiger partial charge < -0.3 is 10.5 Å². The number of hydrogen-bond donors (Lipinski definition) is 1. The van der Waals surface area contributed by atoms with Gasteiger partial charge in [0.1, 0.15) is 12.6 Å². The maximum absolute atomic E-state index is 13.0. The van der Waals surface area contributed by atoms with Gasteiger partial charge in [0.15, 0.2) is 0 Å². The molecule has 0 spiro atoms. The largest absolute Gasteiger partial charge is 0.463 e. The van der Waals surface area contributed by atoms with Crippen LogP contribution in [0.15, 0.2) is 18.2 Å². The number of carbonyl (C=O) groups is 5. The van der Waals surface area contributed by atoms with Crippen LogP contribution in [-0.4, -0.2) is 83.1 Å². The number of benzene rings is 1. The minimum absolute atomic E-state index is 0.00761. The van der Waals surface area contributed by atoms with E-state index in [-0.39, 0.29) is 43.7 Å². The van der Waals surface area contributed by atoms with E-state index in [0.717, 1.165) is 35.7 Å². The van der Waals surface area contributed by atoms with Crippen molar-refractivity contribution in [2.24, 2.45) is 0 Å². The van der Waals surface area contributed by atoms with Gasteiger partial charge in [0.2, 0.25) is 5.91 Å². The van der Waals surface area contributed by atoms with Crippen LogP contribution >= 0.6 is 0 Å². The second kappa shape index (κ2) is 8.46. The van der Waals surface area contributed by atoms with Crippen molar-refractivity contribution in [3.8, 4) is 0 Å². The van der Waals surface area contributed by atoms with Gasteiger partial charge in [-0.2, -0.15) is 0 Å². The fourth-order valence-electron chi connectivity index (χ4n) is 4.28. The highest BCUT2D eigenvalue weighted by Gasteiger charge is 2.46. The maximum Gasteiger partial charge on any atom is 0.320 e. The summed E-state index contributed by atoms with van der Waals surface area (Å²) in [7, 11) is 0. The second-order valence-corrected chi connectivity index (χ2v) is 7.93. The normalized spacial score (nSPS) is 21.7. The Kier molecular flexibility index (Phi) is 5.73. The Morgan fingerprint density at radius 2 is 1.77 bits per heavy atom. The van der Waals surface area contributed by atoms with E-state index in [1.807, 2.05) is 4.90 Å². The van der Waals surface area contributed by atoms with Gasteiger partial charge in [-0.25, -0.2) is 0 Å². The summed E-state index contributed by atoms with van der Waals surface area (Å²) >= 11 is 0. The van der Waals surface area contributed by atoms with Crippen molar-refractivity contribution in [2.45, 2.75) is 31.7 Å². The molecular weight excluding hydrogens is 404 g/mol. The van der Waals surface area contributed by atoms with E-state index in [9.17, 15) is 24.0 Å². The number of nitrogens with two attached hydrogens (primary N) is 1. The van der Waals surface area contributed by atoms with Crippen LogP contribution in [0, 0.1) is 0 Å². The Bertz CT molecular complexity index is 955. The lowest BCUT2D eigenvalue weighted by atomic mass is 10.0. The van der Waals surface area contributed by atoms with Crippen LogP contribution in [0.1, 0.15) is 46.4 Å². The molecule has 1 aromatic rings. The summed E-state index contributed by atoms with van der Waals surface area (Å²) < 4.78 is 5.18. The first-order valence-corrected chi connectivity index (χ1v) is 10.4. The lowest BCUT2D eigenvalue weighted by Gasteiger charge is -2.34. The molecule has 2 N–H and O–H groups in total. The van der Waals surface area contributed by atoms with Crippen LogP contribution in [0.5, 0.6) is 0 Å². The first-order chi connectivity index (χ1) is 14.9. The number of hydrogen-bond acceptors (Lipinski definition) is 8. The topological polar surface area (TPSA) is 130 Å². The summed E-state index contributed by atoms with van der Waals surface area (Å²) in [5.41, 5.74) is 6.39. The van der Waals surface area contributed by atoms with Crippen molar-refractivity contribution in [1.29, 1.82) is 0 Å². The molecule has 0 saturated carbocycles. The van der Waals surface area contributed by atoms with E-state index in [1.165, 1.54) is 18.2 Å². The average molecular weight is 428 g/mol. The number of rotatable bonds is 6. The Morgan fingerprint density at radius 3 is 2.52 bits per heavy atom. The number of amides is 4. The third-order valence-corrected chi connectivity index (χ3v) is 5.87. The molecule has 3 aliphatic heterocycles. The van der Waals surface area contributed by atoms with Gasteiger partial charge in [0, 0.05) is 12.1 Å². The second-order valence-electron chi connectivity index (χ2n) is 7.93. The SMILES string of the molecule is Nc1ccc2c(c1)C(=O)N(C1CCC(=O)N(CCOC(=O)CN3CCCC3)C1=O)C2=O. The van der Waals surface area contributed by atoms with Gasteiger partial charge in [-0.05, 0) is 50.6 Å². The Hall–Kier alpha value is -3.27. The first-order valence-electron chi connectivity index (χ1n) is 10.4. The first kappa shape index (κ1) is 21.0. The molecule has 3 aliphatic rings. The minimum Gasteiger partial charge on any atom is -0.463 e. The quantitative estimate of drug-likeness (QED) is 0.381. The zero-order valence-electron chi connectivity index (χ0n) is 17.0. The van der Waals surface area contributed by atoms with Crippen molar-refractivity contribution in [1.82, 2.24) is 14.7 Å². The van der Waals surface area contributed by atoms with Gasteiger partial charge in [-0.1, -0.05) is 0 Å². The molecule has 1 aromatic carbocycles. The summed E-state index contributed by atoms with van der Waals surface area (Å²) in [6.07, 6.45) is 2.17. The summed E-state index contributed by atoms with van der Waals surface area (Å²) in [6, 6.07) is 3.31. The average Bonchev–Trinajstić information content (AvgIpc) is 3.32. The molecule has 1 atom stereocenters. The van der Waals surface area contributed by atoms with Crippen molar-refractivity contribution < 1.29 is 28.7 Å². The predicted octanol–water partition coefficient (Wildman–Crippen LogP) is 0.0214. The van der Waals surface area contributed by atoms with Crippen LogP contribution in [0.25, 0.3) is 0 Å². The maximum atomic E-state index is 13.0. The molecule has 4 rings (SSSR count). The Morgan fingerprint density at radius 1 is 1.06 bits per heavy atom. The fourth-order valence-corrected chi connectivity index (χ4v) is 4.28. The molecule has 2 saturated heterocycles. The number of nitrogens with zero attached hydrogens (tertiary/aromatic N) is 3. The van der Waals surface area contributed by atoms with E-state index in [0.29, 0.717) is 5.69 Å². The number of anilines is 1. The Labute approximate surface area is 178 Å². The van der Waals surface area contributed by atoms with Gasteiger partial charge in [-0.3, -0.25) is 38.7 Å². The third-order valence-electron chi connectivity index (χ3n) is 5.87. The number of imide groups is 2. The molecule has 2 fully saturated rings. The molecule has 4 amide bonds. The van der Waals surface area contributed by atoms with Gasteiger partial charge in [0.05, 0.1) is 24.2 Å². The van der Waals surface area contributed by atoms with Crippen LogP contribution < -0.4 is 5.73 Å². The molecule has 10 nitrogen and oxygen atoms in total. The number of ether oxygens (including phenoxy) is 1. The molecule has 0 radical (unpaired) electrons. The highest BCUT2D eigenvalue weighted by atomic mass is 16.5. The van der Waals surface area contributed by atoms with E-state index in [1.54, 1.807) is 0 Å². The lowest BCUT2D eigenvalue weighted by Crippen LogP contribution is -2.56. The van der Waals surface area contributed by atoms with Crippen LogP contribution in [-0.2, 0) is 19.1 Å².